The molecule has 9 heteroatoms. The van der Waals surface area contributed by atoms with Crippen molar-refractivity contribution >= 4 is 39.1 Å². The molecule has 1 fully saturated rings. The van der Waals surface area contributed by atoms with Gasteiger partial charge in [-0.05, 0) is 29.4 Å². The van der Waals surface area contributed by atoms with Crippen molar-refractivity contribution in [1.29, 1.82) is 0 Å². The molecule has 2 aromatic rings. The van der Waals surface area contributed by atoms with Gasteiger partial charge in [0.05, 0.1) is 22.7 Å². The van der Waals surface area contributed by atoms with Crippen LogP contribution >= 0.6 is 23.4 Å². The predicted octanol–water partition coefficient (Wildman–Crippen LogP) is 4.76. The smallest absolute Gasteiger partial charge is 0.274 e. The van der Waals surface area contributed by atoms with Crippen LogP contribution in [0.3, 0.4) is 0 Å². The number of hydrogen-bond donors (Lipinski definition) is 0. The van der Waals surface area contributed by atoms with Crippen molar-refractivity contribution in [2.24, 2.45) is 0 Å². The van der Waals surface area contributed by atoms with Crippen LogP contribution in [0.1, 0.15) is 62.2 Å². The number of sulfone groups is 1. The molecule has 2 heterocycles. The fraction of sp³-hybridized carbons (Fsp3) is 0.522. The highest BCUT2D eigenvalue weighted by molar-refractivity contribution is 7.99. The van der Waals surface area contributed by atoms with E-state index in [1.165, 1.54) is 23.5 Å². The third-order valence-corrected chi connectivity index (χ3v) is 8.54. The van der Waals surface area contributed by atoms with Gasteiger partial charge < -0.3 is 4.90 Å². The van der Waals surface area contributed by atoms with E-state index in [2.05, 4.69) is 49.8 Å². The third kappa shape index (κ3) is 6.23. The largest absolute Gasteiger partial charge is 0.329 e. The lowest BCUT2D eigenvalue weighted by molar-refractivity contribution is 0.0674. The first-order chi connectivity index (χ1) is 15.0. The first-order valence-corrected chi connectivity index (χ1v) is 13.9. The van der Waals surface area contributed by atoms with E-state index >= 15 is 0 Å². The highest BCUT2D eigenvalue weighted by Gasteiger charge is 2.36. The molecule has 0 N–H and O–H groups in total. The highest BCUT2D eigenvalue weighted by atomic mass is 35.5. The summed E-state index contributed by atoms with van der Waals surface area (Å²) in [6, 6.07) is 7.69. The standard InChI is InChI=1S/C23H30ClN3O3S2/c1-5-11-31-22-25-13-19(24)20(26-22)21(28)27(18-10-12-32(29,30)15-18)14-16-6-8-17(9-7-16)23(2,3)4/h6-9,13,18H,5,10-12,14-15H2,1-4H3/t18-/m1/s1. The molecule has 0 spiro atoms. The maximum Gasteiger partial charge on any atom is 0.274 e. The third-order valence-electron chi connectivity index (χ3n) is 5.44. The summed E-state index contributed by atoms with van der Waals surface area (Å²) in [6.45, 7) is 8.79. The lowest BCUT2D eigenvalue weighted by Gasteiger charge is -2.29. The molecule has 174 valence electrons. The van der Waals surface area contributed by atoms with Gasteiger partial charge in [0.2, 0.25) is 0 Å². The Morgan fingerprint density at radius 3 is 2.50 bits per heavy atom. The highest BCUT2D eigenvalue weighted by Crippen LogP contribution is 2.27. The fourth-order valence-electron chi connectivity index (χ4n) is 3.59. The normalized spacial score (nSPS) is 18.0. The molecule has 0 aliphatic carbocycles. The molecule has 6 nitrogen and oxygen atoms in total. The van der Waals surface area contributed by atoms with Crippen molar-refractivity contribution in [1.82, 2.24) is 14.9 Å². The fourth-order valence-corrected chi connectivity index (χ4v) is 6.17. The van der Waals surface area contributed by atoms with Crippen LogP contribution in [0, 0.1) is 0 Å². The maximum atomic E-state index is 13.6. The zero-order valence-electron chi connectivity index (χ0n) is 19.0. The SMILES string of the molecule is CCCSc1ncc(Cl)c(C(=O)N(Cc2ccc(C(C)(C)C)cc2)[C@@H]2CCS(=O)(=O)C2)n1. The summed E-state index contributed by atoms with van der Waals surface area (Å²) in [5.74, 6) is 0.510. The minimum Gasteiger partial charge on any atom is -0.329 e. The number of rotatable bonds is 7. The molecule has 0 radical (unpaired) electrons. The van der Waals surface area contributed by atoms with Gasteiger partial charge in [-0.15, -0.1) is 0 Å². The Bertz CT molecular complexity index is 1070. The minimum absolute atomic E-state index is 0.0224. The summed E-state index contributed by atoms with van der Waals surface area (Å²) in [5, 5.41) is 0.665. The average Bonchev–Trinajstić information content (AvgIpc) is 3.10. The molecule has 1 atom stereocenters. The summed E-state index contributed by atoms with van der Waals surface area (Å²) in [7, 11) is -3.17. The van der Waals surface area contributed by atoms with Crippen LogP contribution in [0.2, 0.25) is 5.02 Å². The quantitative estimate of drug-likeness (QED) is 0.407. The Kier molecular flexibility index (Phi) is 7.89. The molecule has 32 heavy (non-hydrogen) atoms. The van der Waals surface area contributed by atoms with E-state index in [1.54, 1.807) is 4.90 Å². The Labute approximate surface area is 200 Å². The van der Waals surface area contributed by atoms with Crippen molar-refractivity contribution in [2.75, 3.05) is 17.3 Å². The first kappa shape index (κ1) is 25.0. The van der Waals surface area contributed by atoms with Crippen LogP contribution in [0.25, 0.3) is 0 Å². The first-order valence-electron chi connectivity index (χ1n) is 10.8. The second kappa shape index (κ2) is 10.1. The topological polar surface area (TPSA) is 80.2 Å². The van der Waals surface area contributed by atoms with Gasteiger partial charge in [0, 0.05) is 18.3 Å². The molecular formula is C23H30ClN3O3S2. The van der Waals surface area contributed by atoms with Crippen LogP contribution in [0.15, 0.2) is 35.6 Å². The van der Waals surface area contributed by atoms with Crippen molar-refractivity contribution in [2.45, 2.75) is 63.7 Å². The Morgan fingerprint density at radius 1 is 1.25 bits per heavy atom. The predicted molar refractivity (Wildman–Crippen MR) is 130 cm³/mol. The summed E-state index contributed by atoms with van der Waals surface area (Å²) >= 11 is 7.77. The zero-order valence-corrected chi connectivity index (χ0v) is 21.4. The minimum atomic E-state index is -3.17. The molecule has 0 unspecified atom stereocenters. The molecule has 1 aliphatic rings. The molecule has 1 aromatic carbocycles. The van der Waals surface area contributed by atoms with Gasteiger partial charge in [-0.1, -0.05) is 75.3 Å². The number of nitrogens with zero attached hydrogens (tertiary/aromatic N) is 3. The van der Waals surface area contributed by atoms with E-state index in [9.17, 15) is 13.2 Å². The van der Waals surface area contributed by atoms with Gasteiger partial charge in [0.15, 0.2) is 20.7 Å². The summed E-state index contributed by atoms with van der Waals surface area (Å²) in [5.41, 5.74) is 2.27. The number of amides is 1. The molecule has 0 saturated carbocycles. The Balaban J connectivity index is 1.92. The molecule has 1 aliphatic heterocycles. The molecular weight excluding hydrogens is 466 g/mol. The second-order valence-corrected chi connectivity index (χ2v) is 12.8. The van der Waals surface area contributed by atoms with Gasteiger partial charge in [-0.2, -0.15) is 0 Å². The molecule has 1 aromatic heterocycles. The monoisotopic (exact) mass is 495 g/mol. The number of benzene rings is 1. The van der Waals surface area contributed by atoms with Crippen molar-refractivity contribution in [3.05, 3.63) is 52.3 Å². The average molecular weight is 496 g/mol. The van der Waals surface area contributed by atoms with Gasteiger partial charge in [-0.3, -0.25) is 4.79 Å². The van der Waals surface area contributed by atoms with E-state index in [1.807, 2.05) is 12.1 Å². The van der Waals surface area contributed by atoms with E-state index in [4.69, 9.17) is 11.6 Å². The number of carbonyl (C=O) groups excluding carboxylic acids is 1. The van der Waals surface area contributed by atoms with Gasteiger partial charge in [0.1, 0.15) is 0 Å². The van der Waals surface area contributed by atoms with E-state index in [-0.39, 0.29) is 33.5 Å². The lowest BCUT2D eigenvalue weighted by atomic mass is 9.86. The zero-order chi connectivity index (χ0) is 23.5. The number of aromatic nitrogens is 2. The summed E-state index contributed by atoms with van der Waals surface area (Å²) in [4.78, 5) is 23.8. The Morgan fingerprint density at radius 2 is 1.94 bits per heavy atom. The van der Waals surface area contributed by atoms with Gasteiger partial charge >= 0.3 is 0 Å². The molecule has 1 amide bonds. The van der Waals surface area contributed by atoms with Crippen LogP contribution in [-0.4, -0.2) is 52.5 Å². The number of hydrogen-bond acceptors (Lipinski definition) is 6. The Hall–Kier alpha value is -1.64. The number of thioether (sulfide) groups is 1. The second-order valence-electron chi connectivity index (χ2n) is 9.13. The summed E-state index contributed by atoms with van der Waals surface area (Å²) in [6.07, 6.45) is 2.81. The van der Waals surface area contributed by atoms with Crippen molar-refractivity contribution < 1.29 is 13.2 Å². The van der Waals surface area contributed by atoms with E-state index in [0.717, 1.165) is 17.7 Å². The van der Waals surface area contributed by atoms with Gasteiger partial charge in [0.25, 0.3) is 5.91 Å². The van der Waals surface area contributed by atoms with Crippen LogP contribution in [0.4, 0.5) is 0 Å². The van der Waals surface area contributed by atoms with E-state index in [0.29, 0.717) is 18.1 Å². The van der Waals surface area contributed by atoms with E-state index < -0.39 is 15.9 Å². The van der Waals surface area contributed by atoms with Crippen LogP contribution in [0.5, 0.6) is 0 Å². The number of carbonyl (C=O) groups is 1. The molecule has 1 saturated heterocycles. The molecule has 3 rings (SSSR count). The lowest BCUT2D eigenvalue weighted by Crippen LogP contribution is -2.41. The van der Waals surface area contributed by atoms with Crippen LogP contribution < -0.4 is 0 Å². The van der Waals surface area contributed by atoms with Crippen LogP contribution in [-0.2, 0) is 21.8 Å². The molecule has 0 bridgehead atoms. The van der Waals surface area contributed by atoms with Crippen molar-refractivity contribution in [3.63, 3.8) is 0 Å². The maximum absolute atomic E-state index is 13.6. The van der Waals surface area contributed by atoms with Gasteiger partial charge in [-0.25, -0.2) is 18.4 Å². The number of halogens is 1. The summed E-state index contributed by atoms with van der Waals surface area (Å²) < 4.78 is 24.3. The van der Waals surface area contributed by atoms with Crippen molar-refractivity contribution in [3.8, 4) is 0 Å².